The van der Waals surface area contributed by atoms with E-state index >= 15 is 0 Å². The lowest BCUT2D eigenvalue weighted by molar-refractivity contribution is 0.0855. The van der Waals surface area contributed by atoms with Crippen LogP contribution < -0.4 is 5.73 Å². The normalized spacial score (nSPS) is 23.5. The Balaban J connectivity index is 1.66. The maximum atomic E-state index is 6.09. The monoisotopic (exact) mass is 259 g/mol. The Hall–Kier alpha value is -1.06. The molecule has 1 aromatic carbocycles. The molecule has 1 saturated heterocycles. The molecular formula is C16H25N3. The summed E-state index contributed by atoms with van der Waals surface area (Å²) in [6.07, 6.45) is 2.62. The Labute approximate surface area is 116 Å². The summed E-state index contributed by atoms with van der Waals surface area (Å²) in [5.74, 6) is 0. The molecule has 104 valence electrons. The molecule has 0 bridgehead atoms. The fourth-order valence-corrected chi connectivity index (χ4v) is 3.48. The number of piperidine rings is 1. The number of likely N-dealkylation sites (tertiary alicyclic amines) is 1. The lowest BCUT2D eigenvalue weighted by atomic mass is 9.80. The summed E-state index contributed by atoms with van der Waals surface area (Å²) in [6.45, 7) is 8.24. The van der Waals surface area contributed by atoms with Gasteiger partial charge in [-0.2, -0.15) is 0 Å². The van der Waals surface area contributed by atoms with E-state index in [4.69, 9.17) is 5.73 Å². The third-order valence-corrected chi connectivity index (χ3v) is 4.88. The Morgan fingerprint density at radius 2 is 1.95 bits per heavy atom. The highest BCUT2D eigenvalue weighted by Crippen LogP contribution is 2.35. The number of benzene rings is 1. The van der Waals surface area contributed by atoms with Crippen molar-refractivity contribution in [3.05, 3.63) is 29.3 Å². The smallest absolute Gasteiger partial charge is 0.0363 e. The first kappa shape index (κ1) is 12.9. The molecule has 0 aromatic heterocycles. The van der Waals surface area contributed by atoms with Gasteiger partial charge in [0.25, 0.3) is 0 Å². The Bertz CT molecular complexity index is 461. The zero-order valence-corrected chi connectivity index (χ0v) is 12.2. The summed E-state index contributed by atoms with van der Waals surface area (Å²) in [7, 11) is 2.23. The van der Waals surface area contributed by atoms with Gasteiger partial charge in [-0.25, -0.2) is 0 Å². The van der Waals surface area contributed by atoms with Crippen LogP contribution in [0, 0.1) is 5.41 Å². The van der Waals surface area contributed by atoms with Gasteiger partial charge < -0.3 is 10.6 Å². The zero-order chi connectivity index (χ0) is 13.5. The van der Waals surface area contributed by atoms with Gasteiger partial charge in [0.15, 0.2) is 0 Å². The highest BCUT2D eigenvalue weighted by atomic mass is 15.2. The predicted molar refractivity (Wildman–Crippen MR) is 79.8 cm³/mol. The molecule has 3 rings (SSSR count). The summed E-state index contributed by atoms with van der Waals surface area (Å²) < 4.78 is 0. The van der Waals surface area contributed by atoms with Crippen molar-refractivity contribution in [3.63, 3.8) is 0 Å². The number of rotatable bonds is 2. The van der Waals surface area contributed by atoms with Crippen LogP contribution >= 0.6 is 0 Å². The molecular weight excluding hydrogens is 234 g/mol. The molecule has 0 saturated carbocycles. The number of hydrogen-bond acceptors (Lipinski definition) is 3. The molecule has 1 aromatic rings. The maximum Gasteiger partial charge on any atom is 0.0363 e. The van der Waals surface area contributed by atoms with E-state index in [2.05, 4.69) is 35.9 Å². The Morgan fingerprint density at radius 1 is 1.21 bits per heavy atom. The van der Waals surface area contributed by atoms with Crippen LogP contribution in [0.1, 0.15) is 30.9 Å². The Kier molecular flexibility index (Phi) is 3.27. The van der Waals surface area contributed by atoms with Crippen molar-refractivity contribution in [1.29, 1.82) is 0 Å². The largest absolute Gasteiger partial charge is 0.398 e. The second-order valence-electron chi connectivity index (χ2n) is 6.74. The van der Waals surface area contributed by atoms with E-state index in [0.29, 0.717) is 5.41 Å². The molecule has 0 aliphatic carbocycles. The van der Waals surface area contributed by atoms with Gasteiger partial charge in [-0.3, -0.25) is 4.90 Å². The molecule has 3 heteroatoms. The molecule has 0 unspecified atom stereocenters. The molecule has 2 aliphatic heterocycles. The van der Waals surface area contributed by atoms with E-state index in [1.54, 1.807) is 0 Å². The molecule has 1 fully saturated rings. The number of nitrogens with two attached hydrogens (primary N) is 1. The topological polar surface area (TPSA) is 32.5 Å². The molecule has 0 atom stereocenters. The highest BCUT2D eigenvalue weighted by molar-refractivity contribution is 5.52. The van der Waals surface area contributed by atoms with Crippen LogP contribution in [-0.2, 0) is 13.1 Å². The number of fused-ring (bicyclic) bond motifs is 1. The van der Waals surface area contributed by atoms with E-state index in [-0.39, 0.29) is 0 Å². The summed E-state index contributed by atoms with van der Waals surface area (Å²) in [5.41, 5.74) is 10.3. The predicted octanol–water partition coefficient (Wildman–Crippen LogP) is 2.32. The molecule has 2 N–H and O–H groups in total. The highest BCUT2D eigenvalue weighted by Gasteiger charge is 2.32. The second kappa shape index (κ2) is 4.80. The molecule has 3 nitrogen and oxygen atoms in total. The van der Waals surface area contributed by atoms with Gasteiger partial charge in [0.2, 0.25) is 0 Å². The lowest BCUT2D eigenvalue weighted by Crippen LogP contribution is -2.42. The fourth-order valence-electron chi connectivity index (χ4n) is 3.48. The van der Waals surface area contributed by atoms with E-state index in [0.717, 1.165) is 18.8 Å². The van der Waals surface area contributed by atoms with E-state index < -0.39 is 0 Å². The van der Waals surface area contributed by atoms with E-state index in [1.165, 1.54) is 43.6 Å². The minimum atomic E-state index is 0.476. The van der Waals surface area contributed by atoms with Gasteiger partial charge in [0.1, 0.15) is 0 Å². The standard InChI is InChI=1S/C16H25N3/c1-16(6-8-18(2)9-7-16)12-19-10-13-4-3-5-15(17)14(13)11-19/h3-5H,6-12,17H2,1-2H3. The number of nitrogen functional groups attached to an aromatic ring is 1. The van der Waals surface area contributed by atoms with Gasteiger partial charge in [0.05, 0.1) is 0 Å². The van der Waals surface area contributed by atoms with Crippen LogP contribution in [0.5, 0.6) is 0 Å². The molecule has 19 heavy (non-hydrogen) atoms. The van der Waals surface area contributed by atoms with Crippen LogP contribution in [-0.4, -0.2) is 36.5 Å². The van der Waals surface area contributed by atoms with Crippen molar-refractivity contribution in [2.75, 3.05) is 32.4 Å². The zero-order valence-electron chi connectivity index (χ0n) is 12.2. The Morgan fingerprint density at radius 3 is 2.63 bits per heavy atom. The average Bonchev–Trinajstić information content (AvgIpc) is 2.77. The molecule has 2 heterocycles. The van der Waals surface area contributed by atoms with Crippen LogP contribution in [0.3, 0.4) is 0 Å². The van der Waals surface area contributed by atoms with Crippen LogP contribution in [0.15, 0.2) is 18.2 Å². The van der Waals surface area contributed by atoms with E-state index in [1.807, 2.05) is 6.07 Å². The summed E-state index contributed by atoms with van der Waals surface area (Å²) in [5, 5.41) is 0. The van der Waals surface area contributed by atoms with Crippen molar-refractivity contribution in [1.82, 2.24) is 9.80 Å². The molecule has 2 aliphatic rings. The third kappa shape index (κ3) is 2.63. The van der Waals surface area contributed by atoms with Crippen molar-refractivity contribution < 1.29 is 0 Å². The lowest BCUT2D eigenvalue weighted by Gasteiger charge is -2.40. The molecule has 0 radical (unpaired) electrons. The first-order valence-corrected chi connectivity index (χ1v) is 7.33. The fraction of sp³-hybridized carbons (Fsp3) is 0.625. The van der Waals surface area contributed by atoms with Gasteiger partial charge >= 0.3 is 0 Å². The van der Waals surface area contributed by atoms with Crippen molar-refractivity contribution in [3.8, 4) is 0 Å². The van der Waals surface area contributed by atoms with Crippen LogP contribution in [0.4, 0.5) is 5.69 Å². The second-order valence-corrected chi connectivity index (χ2v) is 6.74. The third-order valence-electron chi connectivity index (χ3n) is 4.88. The van der Waals surface area contributed by atoms with Crippen molar-refractivity contribution in [2.45, 2.75) is 32.9 Å². The molecule has 0 amide bonds. The first-order chi connectivity index (χ1) is 9.06. The van der Waals surface area contributed by atoms with Gasteiger partial charge in [-0.1, -0.05) is 19.1 Å². The maximum absolute atomic E-state index is 6.09. The first-order valence-electron chi connectivity index (χ1n) is 7.33. The average molecular weight is 259 g/mol. The number of nitrogens with zero attached hydrogens (tertiary/aromatic N) is 2. The minimum Gasteiger partial charge on any atom is -0.398 e. The minimum absolute atomic E-state index is 0.476. The summed E-state index contributed by atoms with van der Waals surface area (Å²) in [4.78, 5) is 5.02. The van der Waals surface area contributed by atoms with Crippen LogP contribution in [0.2, 0.25) is 0 Å². The van der Waals surface area contributed by atoms with Gasteiger partial charge in [-0.05, 0) is 55.6 Å². The van der Waals surface area contributed by atoms with Crippen molar-refractivity contribution >= 4 is 5.69 Å². The summed E-state index contributed by atoms with van der Waals surface area (Å²) >= 11 is 0. The van der Waals surface area contributed by atoms with Gasteiger partial charge in [0, 0.05) is 25.3 Å². The number of hydrogen-bond donors (Lipinski definition) is 1. The summed E-state index contributed by atoms with van der Waals surface area (Å²) in [6, 6.07) is 6.33. The van der Waals surface area contributed by atoms with Gasteiger partial charge in [-0.15, -0.1) is 0 Å². The van der Waals surface area contributed by atoms with E-state index in [9.17, 15) is 0 Å². The van der Waals surface area contributed by atoms with Crippen LogP contribution in [0.25, 0.3) is 0 Å². The quantitative estimate of drug-likeness (QED) is 0.827. The molecule has 0 spiro atoms. The SMILES string of the molecule is CN1CCC(C)(CN2Cc3cccc(N)c3C2)CC1. The van der Waals surface area contributed by atoms with Crippen molar-refractivity contribution in [2.24, 2.45) is 5.41 Å². The number of anilines is 1.